The minimum Gasteiger partial charge on any atom is -0.493 e. The molecule has 2 heterocycles. The molecule has 166 valence electrons. The van der Waals surface area contributed by atoms with Gasteiger partial charge in [-0.1, -0.05) is 24.3 Å². The van der Waals surface area contributed by atoms with Gasteiger partial charge < -0.3 is 14.4 Å². The topological polar surface area (TPSA) is 76.2 Å². The first-order valence-electron chi connectivity index (χ1n) is 10.6. The predicted molar refractivity (Wildman–Crippen MR) is 117 cm³/mol. The monoisotopic (exact) mass is 444 g/mol. The Hall–Kier alpha value is -2.58. The van der Waals surface area contributed by atoms with Crippen LogP contribution in [0.1, 0.15) is 29.6 Å². The van der Waals surface area contributed by atoms with Crippen molar-refractivity contribution in [2.75, 3.05) is 39.9 Å². The molecule has 0 aliphatic carbocycles. The van der Waals surface area contributed by atoms with E-state index in [9.17, 15) is 13.2 Å². The van der Waals surface area contributed by atoms with E-state index < -0.39 is 15.9 Å². The minimum absolute atomic E-state index is 0.123. The molecule has 0 spiro atoms. The predicted octanol–water partition coefficient (Wildman–Crippen LogP) is 3.02. The van der Waals surface area contributed by atoms with Gasteiger partial charge in [0.25, 0.3) is 15.9 Å². The maximum Gasteiger partial charge on any atom is 0.269 e. The van der Waals surface area contributed by atoms with Crippen molar-refractivity contribution in [2.24, 2.45) is 5.92 Å². The molecular formula is C23H28N2O5S. The second kappa shape index (κ2) is 9.28. The van der Waals surface area contributed by atoms with E-state index in [1.54, 1.807) is 25.3 Å². The first-order valence-corrected chi connectivity index (χ1v) is 12.1. The number of amides is 1. The molecule has 0 radical (unpaired) electrons. The molecule has 1 unspecified atom stereocenters. The molecule has 2 aliphatic heterocycles. The molecule has 2 aromatic rings. The highest BCUT2D eigenvalue weighted by Crippen LogP contribution is 2.30. The van der Waals surface area contributed by atoms with Crippen molar-refractivity contribution in [1.29, 1.82) is 0 Å². The van der Waals surface area contributed by atoms with Crippen LogP contribution in [0, 0.1) is 5.92 Å². The average Bonchev–Trinajstić information content (AvgIpc) is 3.31. The number of hydrogen-bond acceptors (Lipinski definition) is 6. The van der Waals surface area contributed by atoms with Crippen LogP contribution in [0.25, 0.3) is 0 Å². The Kier molecular flexibility index (Phi) is 6.48. The number of para-hydroxylation sites is 2. The van der Waals surface area contributed by atoms with Gasteiger partial charge in [-0.2, -0.15) is 0 Å². The van der Waals surface area contributed by atoms with Crippen LogP contribution in [0.4, 0.5) is 0 Å². The zero-order valence-corrected chi connectivity index (χ0v) is 18.5. The zero-order valence-electron chi connectivity index (χ0n) is 17.7. The molecular weight excluding hydrogens is 416 g/mol. The molecule has 4 rings (SSSR count). The molecule has 8 heteroatoms. The molecule has 2 aliphatic rings. The second-order valence-electron chi connectivity index (χ2n) is 8.00. The first-order chi connectivity index (χ1) is 15.0. The molecule has 1 atom stereocenters. The number of hydrogen-bond donors (Lipinski definition) is 0. The summed E-state index contributed by atoms with van der Waals surface area (Å²) in [5.41, 5.74) is 0.278. The number of unbranched alkanes of at least 4 members (excludes halogenated alkanes) is 1. The maximum absolute atomic E-state index is 12.6. The van der Waals surface area contributed by atoms with Crippen molar-refractivity contribution in [2.45, 2.75) is 24.2 Å². The van der Waals surface area contributed by atoms with Crippen molar-refractivity contribution >= 4 is 15.9 Å². The third-order valence-corrected chi connectivity index (χ3v) is 7.75. The van der Waals surface area contributed by atoms with Gasteiger partial charge in [-0.15, -0.1) is 0 Å². The van der Waals surface area contributed by atoms with Crippen molar-refractivity contribution < 1.29 is 22.7 Å². The molecule has 2 aromatic carbocycles. The summed E-state index contributed by atoms with van der Waals surface area (Å²) in [6.07, 6.45) is 2.57. The Morgan fingerprint density at radius 1 is 1.00 bits per heavy atom. The summed E-state index contributed by atoms with van der Waals surface area (Å²) < 4.78 is 37.5. The number of methoxy groups -OCH3 is 1. The highest BCUT2D eigenvalue weighted by atomic mass is 32.2. The Balaban J connectivity index is 1.20. The first kappa shape index (κ1) is 21.6. The zero-order chi connectivity index (χ0) is 21.8. The van der Waals surface area contributed by atoms with Gasteiger partial charge in [0, 0.05) is 19.0 Å². The number of ether oxygens (including phenoxy) is 2. The number of carbonyl (C=O) groups is 1. The van der Waals surface area contributed by atoms with Gasteiger partial charge in [-0.05, 0) is 56.6 Å². The fourth-order valence-corrected chi connectivity index (χ4v) is 5.85. The smallest absolute Gasteiger partial charge is 0.269 e. The van der Waals surface area contributed by atoms with Crippen LogP contribution in [-0.2, 0) is 10.0 Å². The molecule has 31 heavy (non-hydrogen) atoms. The van der Waals surface area contributed by atoms with Crippen LogP contribution in [-0.4, -0.2) is 63.4 Å². The van der Waals surface area contributed by atoms with Crippen LogP contribution in [0.15, 0.2) is 53.4 Å². The second-order valence-corrected chi connectivity index (χ2v) is 9.83. The molecule has 1 fully saturated rings. The Labute approximate surface area is 183 Å². The van der Waals surface area contributed by atoms with Crippen LogP contribution < -0.4 is 9.47 Å². The van der Waals surface area contributed by atoms with Crippen molar-refractivity contribution in [3.8, 4) is 11.5 Å². The van der Waals surface area contributed by atoms with E-state index in [4.69, 9.17) is 9.47 Å². The van der Waals surface area contributed by atoms with Gasteiger partial charge in [-0.25, -0.2) is 12.7 Å². The number of nitrogens with zero attached hydrogens (tertiary/aromatic N) is 2. The van der Waals surface area contributed by atoms with Gasteiger partial charge in [0.1, 0.15) is 4.90 Å². The van der Waals surface area contributed by atoms with Gasteiger partial charge in [0.2, 0.25) is 0 Å². The summed E-state index contributed by atoms with van der Waals surface area (Å²) >= 11 is 0. The van der Waals surface area contributed by atoms with E-state index in [0.717, 1.165) is 48.3 Å². The SMILES string of the molecule is COc1ccccc1OCC1CCN(CCCCN2C(=O)c3ccccc3S2(=O)=O)C1. The Morgan fingerprint density at radius 3 is 2.48 bits per heavy atom. The summed E-state index contributed by atoms with van der Waals surface area (Å²) in [7, 11) is -2.06. The number of rotatable bonds is 9. The van der Waals surface area contributed by atoms with E-state index in [-0.39, 0.29) is 17.0 Å². The van der Waals surface area contributed by atoms with Crippen LogP contribution in [0.3, 0.4) is 0 Å². The van der Waals surface area contributed by atoms with Gasteiger partial charge in [0.15, 0.2) is 11.5 Å². The molecule has 1 amide bonds. The number of sulfonamides is 1. The van der Waals surface area contributed by atoms with Crippen LogP contribution >= 0.6 is 0 Å². The lowest BCUT2D eigenvalue weighted by Crippen LogP contribution is -2.31. The van der Waals surface area contributed by atoms with Gasteiger partial charge in [-0.3, -0.25) is 4.79 Å². The lowest BCUT2D eigenvalue weighted by atomic mass is 10.1. The molecule has 1 saturated heterocycles. The highest BCUT2D eigenvalue weighted by molar-refractivity contribution is 7.90. The summed E-state index contributed by atoms with van der Waals surface area (Å²) in [4.78, 5) is 15.0. The number of likely N-dealkylation sites (tertiary alicyclic amines) is 1. The standard InChI is InChI=1S/C23H28N2O5S/c1-29-20-9-3-4-10-21(20)30-17-18-12-15-24(16-18)13-6-7-14-25-23(26)19-8-2-5-11-22(19)31(25,27)28/h2-5,8-11,18H,6-7,12-17H2,1H3. The molecule has 0 bridgehead atoms. The lowest BCUT2D eigenvalue weighted by Gasteiger charge is -2.18. The average molecular weight is 445 g/mol. The molecule has 7 nitrogen and oxygen atoms in total. The van der Waals surface area contributed by atoms with Crippen molar-refractivity contribution in [3.63, 3.8) is 0 Å². The Bertz CT molecular complexity index is 1040. The summed E-state index contributed by atoms with van der Waals surface area (Å²) in [6, 6.07) is 14.1. The maximum atomic E-state index is 12.6. The summed E-state index contributed by atoms with van der Waals surface area (Å²) in [6.45, 7) is 3.73. The molecule has 0 saturated carbocycles. The van der Waals surface area contributed by atoms with Gasteiger partial charge >= 0.3 is 0 Å². The van der Waals surface area contributed by atoms with E-state index in [0.29, 0.717) is 18.9 Å². The molecule has 0 aromatic heterocycles. The third kappa shape index (κ3) is 4.55. The van der Waals surface area contributed by atoms with Crippen LogP contribution in [0.2, 0.25) is 0 Å². The third-order valence-electron chi connectivity index (χ3n) is 5.91. The van der Waals surface area contributed by atoms with E-state index in [1.165, 1.54) is 6.07 Å². The fraction of sp³-hybridized carbons (Fsp3) is 0.435. The van der Waals surface area contributed by atoms with Crippen molar-refractivity contribution in [3.05, 3.63) is 54.1 Å². The Morgan fingerprint density at radius 2 is 1.71 bits per heavy atom. The van der Waals surface area contributed by atoms with E-state index >= 15 is 0 Å². The van der Waals surface area contributed by atoms with E-state index in [2.05, 4.69) is 4.90 Å². The fourth-order valence-electron chi connectivity index (χ4n) is 4.24. The largest absolute Gasteiger partial charge is 0.493 e. The number of carbonyl (C=O) groups excluding carboxylic acids is 1. The normalized spacial score (nSPS) is 20.1. The summed E-state index contributed by atoms with van der Waals surface area (Å²) in [5.74, 6) is 1.55. The number of fused-ring (bicyclic) bond motifs is 1. The van der Waals surface area contributed by atoms with Crippen molar-refractivity contribution in [1.82, 2.24) is 9.21 Å². The number of benzene rings is 2. The lowest BCUT2D eigenvalue weighted by molar-refractivity contribution is 0.0869. The highest BCUT2D eigenvalue weighted by Gasteiger charge is 2.40. The van der Waals surface area contributed by atoms with E-state index in [1.807, 2.05) is 24.3 Å². The minimum atomic E-state index is -3.70. The summed E-state index contributed by atoms with van der Waals surface area (Å²) in [5, 5.41) is 0. The molecule has 0 N–H and O–H groups in total. The quantitative estimate of drug-likeness (QED) is 0.554. The van der Waals surface area contributed by atoms with Gasteiger partial charge in [0.05, 0.1) is 19.3 Å². The van der Waals surface area contributed by atoms with Crippen LogP contribution in [0.5, 0.6) is 11.5 Å².